The molecule has 11 heteroatoms. The molecule has 0 saturated carbocycles. The lowest BCUT2D eigenvalue weighted by atomic mass is 10.3. The minimum Gasteiger partial charge on any atom is -0.459 e. The molecule has 0 spiro atoms. The van der Waals surface area contributed by atoms with Crippen molar-refractivity contribution in [2.45, 2.75) is 6.92 Å². The summed E-state index contributed by atoms with van der Waals surface area (Å²) in [5.74, 6) is 1.73. The standard InChI is InChI=1S/C16H18N6O4S/c1-2-27(23,24)22-7-5-21(6-8-22)14-11-17-10-12(18-14)15-19-20-16(26-15)13-4-3-9-25-13/h3-4,9-11H,2,5-8H2,1H3. The van der Waals surface area contributed by atoms with Crippen LogP contribution in [0.4, 0.5) is 5.82 Å². The summed E-state index contributed by atoms with van der Waals surface area (Å²) in [6.07, 6.45) is 4.70. The largest absolute Gasteiger partial charge is 0.459 e. The summed E-state index contributed by atoms with van der Waals surface area (Å²) < 4.78 is 36.3. The molecular weight excluding hydrogens is 372 g/mol. The molecule has 4 rings (SSSR count). The summed E-state index contributed by atoms with van der Waals surface area (Å²) in [5.41, 5.74) is 0.446. The van der Waals surface area contributed by atoms with Gasteiger partial charge in [0.2, 0.25) is 10.0 Å². The molecule has 1 aliphatic heterocycles. The van der Waals surface area contributed by atoms with Gasteiger partial charge in [0.25, 0.3) is 11.8 Å². The van der Waals surface area contributed by atoms with Crippen molar-refractivity contribution in [3.8, 4) is 23.2 Å². The number of piperazine rings is 1. The van der Waals surface area contributed by atoms with Crippen molar-refractivity contribution in [3.05, 3.63) is 30.8 Å². The molecule has 0 aliphatic carbocycles. The maximum atomic E-state index is 12.0. The zero-order valence-corrected chi connectivity index (χ0v) is 15.5. The molecule has 0 N–H and O–H groups in total. The van der Waals surface area contributed by atoms with Crippen molar-refractivity contribution in [3.63, 3.8) is 0 Å². The molecule has 142 valence electrons. The van der Waals surface area contributed by atoms with E-state index in [-0.39, 0.29) is 17.5 Å². The van der Waals surface area contributed by atoms with Crippen molar-refractivity contribution >= 4 is 15.8 Å². The fourth-order valence-electron chi connectivity index (χ4n) is 2.82. The number of rotatable bonds is 5. The van der Waals surface area contributed by atoms with Gasteiger partial charge in [-0.2, -0.15) is 4.31 Å². The van der Waals surface area contributed by atoms with Crippen LogP contribution in [0.25, 0.3) is 23.2 Å². The highest BCUT2D eigenvalue weighted by Crippen LogP contribution is 2.24. The Morgan fingerprint density at radius 3 is 2.59 bits per heavy atom. The second-order valence-electron chi connectivity index (χ2n) is 5.94. The fraction of sp³-hybridized carbons (Fsp3) is 0.375. The highest BCUT2D eigenvalue weighted by molar-refractivity contribution is 7.89. The first-order valence-corrected chi connectivity index (χ1v) is 10.1. The van der Waals surface area contributed by atoms with Crippen LogP contribution >= 0.6 is 0 Å². The first kappa shape index (κ1) is 17.6. The normalized spacial score (nSPS) is 16.0. The number of furan rings is 1. The van der Waals surface area contributed by atoms with Crippen LogP contribution in [0.1, 0.15) is 6.92 Å². The Bertz CT molecular complexity index is 1010. The summed E-state index contributed by atoms with van der Waals surface area (Å²) in [7, 11) is -3.17. The maximum absolute atomic E-state index is 12.0. The first-order chi connectivity index (χ1) is 13.1. The summed E-state index contributed by atoms with van der Waals surface area (Å²) in [6.45, 7) is 3.58. The molecule has 0 amide bonds. The predicted molar refractivity (Wildman–Crippen MR) is 96.3 cm³/mol. The minimum absolute atomic E-state index is 0.109. The predicted octanol–water partition coefficient (Wildman–Crippen LogP) is 1.26. The Labute approximate surface area is 155 Å². The van der Waals surface area contributed by atoms with Crippen molar-refractivity contribution in [1.82, 2.24) is 24.5 Å². The van der Waals surface area contributed by atoms with Crippen molar-refractivity contribution in [2.75, 3.05) is 36.8 Å². The van der Waals surface area contributed by atoms with Crippen LogP contribution in [-0.4, -0.2) is 64.8 Å². The van der Waals surface area contributed by atoms with E-state index in [0.717, 1.165) is 0 Å². The number of sulfonamides is 1. The monoisotopic (exact) mass is 390 g/mol. The van der Waals surface area contributed by atoms with Gasteiger partial charge in [-0.3, -0.25) is 4.98 Å². The van der Waals surface area contributed by atoms with E-state index in [0.29, 0.717) is 43.5 Å². The minimum atomic E-state index is -3.17. The van der Waals surface area contributed by atoms with Crippen molar-refractivity contribution < 1.29 is 17.3 Å². The lowest BCUT2D eigenvalue weighted by Crippen LogP contribution is -2.49. The van der Waals surface area contributed by atoms with Gasteiger partial charge in [-0.25, -0.2) is 13.4 Å². The van der Waals surface area contributed by atoms with Gasteiger partial charge in [0, 0.05) is 26.2 Å². The Morgan fingerprint density at radius 1 is 1.11 bits per heavy atom. The smallest absolute Gasteiger partial charge is 0.283 e. The molecule has 10 nitrogen and oxygen atoms in total. The Balaban J connectivity index is 1.51. The van der Waals surface area contributed by atoms with Crippen LogP contribution in [-0.2, 0) is 10.0 Å². The van der Waals surface area contributed by atoms with E-state index in [1.54, 1.807) is 31.5 Å². The van der Waals surface area contributed by atoms with Gasteiger partial charge in [-0.1, -0.05) is 0 Å². The summed E-state index contributed by atoms with van der Waals surface area (Å²) in [5, 5.41) is 7.96. The Morgan fingerprint density at radius 2 is 1.89 bits per heavy atom. The molecule has 1 aliphatic rings. The van der Waals surface area contributed by atoms with Crippen molar-refractivity contribution in [2.24, 2.45) is 0 Å². The number of hydrogen-bond acceptors (Lipinski definition) is 9. The zero-order chi connectivity index (χ0) is 18.9. The zero-order valence-electron chi connectivity index (χ0n) is 14.6. The second kappa shape index (κ2) is 7.08. The van der Waals surface area contributed by atoms with Gasteiger partial charge >= 0.3 is 0 Å². The second-order valence-corrected chi connectivity index (χ2v) is 8.20. The molecule has 1 fully saturated rings. The quantitative estimate of drug-likeness (QED) is 0.634. The fourth-order valence-corrected chi connectivity index (χ4v) is 3.90. The third-order valence-electron chi connectivity index (χ3n) is 4.32. The summed E-state index contributed by atoms with van der Waals surface area (Å²) >= 11 is 0. The number of hydrogen-bond donors (Lipinski definition) is 0. The summed E-state index contributed by atoms with van der Waals surface area (Å²) in [4.78, 5) is 10.7. The number of aromatic nitrogens is 4. The van der Waals surface area contributed by atoms with E-state index in [4.69, 9.17) is 8.83 Å². The van der Waals surface area contributed by atoms with Gasteiger partial charge < -0.3 is 13.7 Å². The molecule has 27 heavy (non-hydrogen) atoms. The maximum Gasteiger partial charge on any atom is 0.283 e. The van der Waals surface area contributed by atoms with E-state index in [1.165, 1.54) is 10.6 Å². The molecule has 0 unspecified atom stereocenters. The van der Waals surface area contributed by atoms with E-state index >= 15 is 0 Å². The molecule has 1 saturated heterocycles. The number of nitrogens with zero attached hydrogens (tertiary/aromatic N) is 6. The Kier molecular flexibility index (Phi) is 4.62. The van der Waals surface area contributed by atoms with Crippen LogP contribution in [0.3, 0.4) is 0 Å². The first-order valence-electron chi connectivity index (χ1n) is 8.49. The lowest BCUT2D eigenvalue weighted by Gasteiger charge is -2.34. The van der Waals surface area contributed by atoms with Crippen LogP contribution in [0.15, 0.2) is 39.6 Å². The molecule has 3 aromatic heterocycles. The molecule has 0 aromatic carbocycles. The van der Waals surface area contributed by atoms with Gasteiger partial charge in [0.15, 0.2) is 5.76 Å². The molecule has 0 radical (unpaired) electrons. The van der Waals surface area contributed by atoms with Gasteiger partial charge in [-0.15, -0.1) is 10.2 Å². The van der Waals surface area contributed by atoms with Crippen LogP contribution in [0, 0.1) is 0 Å². The van der Waals surface area contributed by atoms with Gasteiger partial charge in [0.1, 0.15) is 11.5 Å². The molecule has 3 aromatic rings. The molecular formula is C16H18N6O4S. The topological polar surface area (TPSA) is 118 Å². The van der Waals surface area contributed by atoms with Crippen LogP contribution < -0.4 is 4.90 Å². The van der Waals surface area contributed by atoms with Gasteiger partial charge in [-0.05, 0) is 19.1 Å². The molecule has 4 heterocycles. The van der Waals surface area contributed by atoms with Crippen LogP contribution in [0.5, 0.6) is 0 Å². The highest BCUT2D eigenvalue weighted by atomic mass is 32.2. The van der Waals surface area contributed by atoms with E-state index in [9.17, 15) is 8.42 Å². The Hall–Kier alpha value is -2.79. The molecule has 0 bridgehead atoms. The van der Waals surface area contributed by atoms with Crippen molar-refractivity contribution in [1.29, 1.82) is 0 Å². The van der Waals surface area contributed by atoms with Crippen LogP contribution in [0.2, 0.25) is 0 Å². The average Bonchev–Trinajstić information content (AvgIpc) is 3.40. The highest BCUT2D eigenvalue weighted by Gasteiger charge is 2.26. The summed E-state index contributed by atoms with van der Waals surface area (Å²) in [6, 6.07) is 3.46. The van der Waals surface area contributed by atoms with E-state index in [2.05, 4.69) is 20.2 Å². The van der Waals surface area contributed by atoms with E-state index in [1.807, 2.05) is 4.90 Å². The lowest BCUT2D eigenvalue weighted by molar-refractivity contribution is 0.384. The van der Waals surface area contributed by atoms with E-state index < -0.39 is 10.0 Å². The SMILES string of the molecule is CCS(=O)(=O)N1CCN(c2cncc(-c3nnc(-c4ccco4)o3)n2)CC1. The average molecular weight is 390 g/mol. The third-order valence-corrected chi connectivity index (χ3v) is 6.20. The number of anilines is 1. The third kappa shape index (κ3) is 3.55. The molecule has 0 atom stereocenters. The van der Waals surface area contributed by atoms with Gasteiger partial charge in [0.05, 0.1) is 24.4 Å².